The summed E-state index contributed by atoms with van der Waals surface area (Å²) in [6.07, 6.45) is -0.283. The van der Waals surface area contributed by atoms with Gasteiger partial charge in [-0.25, -0.2) is 9.59 Å². The van der Waals surface area contributed by atoms with Crippen LogP contribution in [0.4, 0.5) is 0 Å². The molecule has 0 bridgehead atoms. The molecule has 2 aromatic carbocycles. The lowest BCUT2D eigenvalue weighted by Crippen LogP contribution is -2.17. The molecule has 0 fully saturated rings. The molecule has 6 nitrogen and oxygen atoms in total. The van der Waals surface area contributed by atoms with Crippen molar-refractivity contribution in [2.75, 3.05) is 0 Å². The minimum atomic E-state index is -0.675. The molecule has 0 amide bonds. The smallest absolute Gasteiger partial charge is 0.289 e. The molecule has 2 aromatic rings. The summed E-state index contributed by atoms with van der Waals surface area (Å²) in [4.78, 5) is 44.2. The van der Waals surface area contributed by atoms with Gasteiger partial charge in [0.25, 0.3) is 0 Å². The lowest BCUT2D eigenvalue weighted by molar-refractivity contribution is -0.362. The van der Waals surface area contributed by atoms with Gasteiger partial charge in [0.1, 0.15) is 0 Å². The van der Waals surface area contributed by atoms with E-state index in [4.69, 9.17) is 19.6 Å². The molecule has 0 heterocycles. The van der Waals surface area contributed by atoms with Crippen LogP contribution < -0.4 is 0 Å². The predicted octanol–water partition coefficient (Wildman–Crippen LogP) is 5.13. The van der Waals surface area contributed by atoms with E-state index < -0.39 is 11.9 Å². The first kappa shape index (κ1) is 22.6. The molecule has 0 N–H and O–H groups in total. The Kier molecular flexibility index (Phi) is 7.53. The highest BCUT2D eigenvalue weighted by atomic mass is 17.3. The largest absolute Gasteiger partial charge is 0.373 e. The third-order valence-electron chi connectivity index (χ3n) is 4.39. The van der Waals surface area contributed by atoms with Crippen molar-refractivity contribution >= 4 is 11.9 Å². The van der Waals surface area contributed by atoms with Crippen LogP contribution in [-0.4, -0.2) is 11.9 Å². The Morgan fingerprint density at radius 3 is 1.24 bits per heavy atom. The fourth-order valence-electron chi connectivity index (χ4n) is 3.35. The van der Waals surface area contributed by atoms with E-state index in [2.05, 4.69) is 6.92 Å². The lowest BCUT2D eigenvalue weighted by Gasteiger charge is -2.14. The molecule has 0 saturated carbocycles. The van der Waals surface area contributed by atoms with Crippen LogP contribution in [0.25, 0.3) is 0 Å². The van der Waals surface area contributed by atoms with Gasteiger partial charge in [-0.15, -0.1) is 9.78 Å². The van der Waals surface area contributed by atoms with E-state index in [9.17, 15) is 9.59 Å². The minimum absolute atomic E-state index is 0.0295. The lowest BCUT2D eigenvalue weighted by atomic mass is 10.0. The number of hydrogen-bond donors (Lipinski definition) is 0. The van der Waals surface area contributed by atoms with Gasteiger partial charge in [-0.05, 0) is 70.7 Å². The van der Waals surface area contributed by atoms with Crippen molar-refractivity contribution in [1.29, 1.82) is 0 Å². The molecule has 0 atom stereocenters. The van der Waals surface area contributed by atoms with E-state index in [1.165, 1.54) is 0 Å². The summed E-state index contributed by atoms with van der Waals surface area (Å²) in [5.41, 5.74) is 5.97. The first-order valence-electron chi connectivity index (χ1n) is 9.22. The third kappa shape index (κ3) is 5.65. The van der Waals surface area contributed by atoms with Crippen molar-refractivity contribution in [2.45, 2.75) is 48.0 Å². The number of carbonyl (C=O) groups is 2. The monoisotopic (exact) mass is 398 g/mol. The zero-order valence-corrected chi connectivity index (χ0v) is 17.7. The highest BCUT2D eigenvalue weighted by molar-refractivity contribution is 5.93. The van der Waals surface area contributed by atoms with Crippen molar-refractivity contribution in [3.05, 3.63) is 82.0 Å². The molecule has 6 heteroatoms. The van der Waals surface area contributed by atoms with Gasteiger partial charge in [0.2, 0.25) is 0 Å². The van der Waals surface area contributed by atoms with Crippen molar-refractivity contribution < 1.29 is 29.1 Å². The maximum Gasteiger partial charge on any atom is 0.373 e. The molecule has 0 spiro atoms. The molecule has 0 aliphatic rings. The average molecular weight is 398 g/mol. The first-order chi connectivity index (χ1) is 13.6. The van der Waals surface area contributed by atoms with Crippen LogP contribution in [0, 0.1) is 54.8 Å². The van der Waals surface area contributed by atoms with E-state index in [-0.39, 0.29) is 12.7 Å². The second-order valence-corrected chi connectivity index (χ2v) is 7.08. The molecule has 154 valence electrons. The Labute approximate surface area is 171 Å². The zero-order chi connectivity index (χ0) is 21.7. The van der Waals surface area contributed by atoms with Gasteiger partial charge in [-0.1, -0.05) is 35.4 Å². The summed E-state index contributed by atoms with van der Waals surface area (Å²) >= 11 is 0. The van der Waals surface area contributed by atoms with Crippen LogP contribution >= 0.6 is 0 Å². The summed E-state index contributed by atoms with van der Waals surface area (Å²) in [6, 6.07) is 7.50. The topological polar surface area (TPSA) is 71.1 Å². The number of aryl methyl sites for hydroxylation is 6. The van der Waals surface area contributed by atoms with E-state index >= 15 is 0 Å². The molecule has 0 aliphatic carbocycles. The molecule has 2 radical (unpaired) electrons. The fraction of sp³-hybridized carbons (Fsp3) is 0.304. The first-order valence-corrected chi connectivity index (χ1v) is 9.22. The van der Waals surface area contributed by atoms with Gasteiger partial charge >= 0.3 is 18.2 Å². The Bertz CT molecular complexity index is 796. The highest BCUT2D eigenvalue weighted by Gasteiger charge is 2.23. The molecule has 0 unspecified atom stereocenters. The maximum atomic E-state index is 12.4. The van der Waals surface area contributed by atoms with Gasteiger partial charge in [-0.3, -0.25) is 9.78 Å². The fourth-order valence-corrected chi connectivity index (χ4v) is 3.35. The van der Waals surface area contributed by atoms with E-state index in [0.717, 1.165) is 33.4 Å². The summed E-state index contributed by atoms with van der Waals surface area (Å²) < 4.78 is 0. The zero-order valence-electron chi connectivity index (χ0n) is 17.7. The summed E-state index contributed by atoms with van der Waals surface area (Å²) in [7, 11) is 0. The maximum absolute atomic E-state index is 12.4. The Morgan fingerprint density at radius 2 is 0.966 bits per heavy atom. The molecule has 0 aromatic heterocycles. The van der Waals surface area contributed by atoms with Crippen LogP contribution in [0.5, 0.6) is 0 Å². The SMILES string of the molecule is [CH2]C[C](OOC(=O)c1c(C)cc(C)cc1C)OOC(=O)c1c(C)cc(C)cc1C. The van der Waals surface area contributed by atoms with Crippen molar-refractivity contribution in [2.24, 2.45) is 0 Å². The van der Waals surface area contributed by atoms with E-state index in [1.54, 1.807) is 0 Å². The average Bonchev–Trinajstić information content (AvgIpc) is 2.60. The number of carbonyl (C=O) groups excluding carboxylic acids is 2. The minimum Gasteiger partial charge on any atom is -0.289 e. The number of rotatable bonds is 7. The van der Waals surface area contributed by atoms with Crippen molar-refractivity contribution in [3.63, 3.8) is 0 Å². The quantitative estimate of drug-likeness (QED) is 0.476. The van der Waals surface area contributed by atoms with Crippen LogP contribution in [0.2, 0.25) is 0 Å². The van der Waals surface area contributed by atoms with Gasteiger partial charge in [0, 0.05) is 6.42 Å². The van der Waals surface area contributed by atoms with Gasteiger partial charge in [0.05, 0.1) is 11.1 Å². The number of benzene rings is 2. The highest BCUT2D eigenvalue weighted by Crippen LogP contribution is 2.21. The van der Waals surface area contributed by atoms with Crippen LogP contribution in [-0.2, 0) is 19.6 Å². The summed E-state index contributed by atoms with van der Waals surface area (Å²) in [5.74, 6) is -1.35. The molecular weight excluding hydrogens is 372 g/mol. The molecule has 29 heavy (non-hydrogen) atoms. The third-order valence-corrected chi connectivity index (χ3v) is 4.39. The summed E-state index contributed by atoms with van der Waals surface area (Å²) in [6.45, 7) is 14.8. The Morgan fingerprint density at radius 1 is 0.655 bits per heavy atom. The summed E-state index contributed by atoms with van der Waals surface area (Å²) in [5, 5.41) is 0. The molecule has 0 saturated heterocycles. The predicted molar refractivity (Wildman–Crippen MR) is 108 cm³/mol. The van der Waals surface area contributed by atoms with Gasteiger partial charge in [-0.2, -0.15) is 0 Å². The molecule has 2 rings (SSSR count). The Balaban J connectivity index is 1.98. The second kappa shape index (κ2) is 9.67. The van der Waals surface area contributed by atoms with Gasteiger partial charge in [0.15, 0.2) is 0 Å². The normalized spacial score (nSPS) is 10.9. The van der Waals surface area contributed by atoms with E-state index in [1.807, 2.05) is 65.8 Å². The van der Waals surface area contributed by atoms with Crippen molar-refractivity contribution in [1.82, 2.24) is 0 Å². The standard InChI is InChI=1S/C23H26O6/c1-8-19(26-28-22(24)20-15(4)9-13(2)10-16(20)5)27-29-23(25)21-17(6)11-14(3)12-18(21)7/h9-12H,1,8H2,2-7H3. The molecular formula is C23H26O6. The van der Waals surface area contributed by atoms with Crippen LogP contribution in [0.3, 0.4) is 0 Å². The Hall–Kier alpha value is -2.70. The van der Waals surface area contributed by atoms with Crippen molar-refractivity contribution in [3.8, 4) is 0 Å². The van der Waals surface area contributed by atoms with Gasteiger partial charge < -0.3 is 0 Å². The van der Waals surface area contributed by atoms with Crippen LogP contribution in [0.15, 0.2) is 24.3 Å². The second-order valence-electron chi connectivity index (χ2n) is 7.08. The van der Waals surface area contributed by atoms with Crippen LogP contribution in [0.1, 0.15) is 60.5 Å². The molecule has 0 aliphatic heterocycles. The number of hydrogen-bond acceptors (Lipinski definition) is 6. The van der Waals surface area contributed by atoms with E-state index in [0.29, 0.717) is 11.1 Å².